The van der Waals surface area contributed by atoms with Crippen LogP contribution >= 0.6 is 0 Å². The monoisotopic (exact) mass is 211 g/mol. The largest absolute Gasteiger partial charge is 0.481 e. The number of nitrogens with one attached hydrogen (secondary N) is 1. The zero-order chi connectivity index (χ0) is 10.9. The van der Waals surface area contributed by atoms with Crippen molar-refractivity contribution in [2.75, 3.05) is 13.1 Å². The molecule has 0 spiro atoms. The molecule has 5 heteroatoms. The number of aliphatic carboxylic acids is 1. The van der Waals surface area contributed by atoms with Crippen molar-refractivity contribution in [3.63, 3.8) is 0 Å². The number of carboxylic acid groups (broad SMARTS) is 1. The summed E-state index contributed by atoms with van der Waals surface area (Å²) in [6.45, 7) is 2.41. The quantitative estimate of drug-likeness (QED) is 0.622. The molecule has 0 atom stereocenters. The molecule has 0 radical (unpaired) electrons. The van der Waals surface area contributed by atoms with Crippen molar-refractivity contribution in [1.82, 2.24) is 14.9 Å². The van der Waals surface area contributed by atoms with Crippen LogP contribution in [0.4, 0.5) is 0 Å². The summed E-state index contributed by atoms with van der Waals surface area (Å²) >= 11 is 0. The molecule has 2 N–H and O–H groups in total. The molecule has 0 bridgehead atoms. The molecule has 15 heavy (non-hydrogen) atoms. The number of hydrogen-bond donors (Lipinski definition) is 2. The number of aromatic nitrogens is 2. The van der Waals surface area contributed by atoms with Crippen molar-refractivity contribution in [3.8, 4) is 0 Å². The van der Waals surface area contributed by atoms with Crippen LogP contribution in [0.15, 0.2) is 18.7 Å². The summed E-state index contributed by atoms with van der Waals surface area (Å²) < 4.78 is 2.04. The molecular formula is C10H17N3O2. The molecule has 1 heterocycles. The Balaban J connectivity index is 1.87. The molecule has 5 nitrogen and oxygen atoms in total. The predicted octanol–water partition coefficient (Wildman–Crippen LogP) is 0.728. The second-order valence-electron chi connectivity index (χ2n) is 3.40. The van der Waals surface area contributed by atoms with Crippen molar-refractivity contribution in [2.45, 2.75) is 25.8 Å². The van der Waals surface area contributed by atoms with Gasteiger partial charge in [-0.05, 0) is 19.4 Å². The maximum absolute atomic E-state index is 10.2. The molecule has 0 fully saturated rings. The molecule has 0 aliphatic rings. The van der Waals surface area contributed by atoms with E-state index in [1.807, 2.05) is 10.8 Å². The number of carbonyl (C=O) groups is 1. The highest BCUT2D eigenvalue weighted by atomic mass is 16.4. The Kier molecular flexibility index (Phi) is 5.47. The van der Waals surface area contributed by atoms with Crippen molar-refractivity contribution in [1.29, 1.82) is 0 Å². The summed E-state index contributed by atoms with van der Waals surface area (Å²) in [7, 11) is 0. The highest BCUT2D eigenvalue weighted by Crippen LogP contribution is 1.93. The number of rotatable bonds is 8. The van der Waals surface area contributed by atoms with Gasteiger partial charge in [-0.3, -0.25) is 4.79 Å². The van der Waals surface area contributed by atoms with Gasteiger partial charge < -0.3 is 15.0 Å². The highest BCUT2D eigenvalue weighted by molar-refractivity contribution is 5.66. The topological polar surface area (TPSA) is 67.2 Å². The molecule has 0 aliphatic heterocycles. The maximum atomic E-state index is 10.2. The van der Waals surface area contributed by atoms with Crippen LogP contribution in [-0.2, 0) is 11.3 Å². The van der Waals surface area contributed by atoms with Gasteiger partial charge in [-0.1, -0.05) is 0 Å². The summed E-state index contributed by atoms with van der Waals surface area (Å²) in [5.74, 6) is -0.749. The van der Waals surface area contributed by atoms with Crippen LogP contribution < -0.4 is 5.32 Å². The summed E-state index contributed by atoms with van der Waals surface area (Å²) in [6, 6.07) is 0. The van der Waals surface area contributed by atoms with E-state index in [-0.39, 0.29) is 6.42 Å². The van der Waals surface area contributed by atoms with Crippen molar-refractivity contribution in [3.05, 3.63) is 18.7 Å². The van der Waals surface area contributed by atoms with Crippen LogP contribution in [0.2, 0.25) is 0 Å². The fourth-order valence-electron chi connectivity index (χ4n) is 1.28. The van der Waals surface area contributed by atoms with Crippen LogP contribution in [0.25, 0.3) is 0 Å². The van der Waals surface area contributed by atoms with E-state index in [4.69, 9.17) is 5.11 Å². The van der Waals surface area contributed by atoms with Crippen molar-refractivity contribution in [2.24, 2.45) is 0 Å². The van der Waals surface area contributed by atoms with Gasteiger partial charge in [-0.25, -0.2) is 4.98 Å². The molecule has 0 unspecified atom stereocenters. The lowest BCUT2D eigenvalue weighted by molar-refractivity contribution is -0.136. The van der Waals surface area contributed by atoms with Gasteiger partial charge in [0.2, 0.25) is 0 Å². The van der Waals surface area contributed by atoms with Gasteiger partial charge in [-0.15, -0.1) is 0 Å². The van der Waals surface area contributed by atoms with Crippen LogP contribution in [0.5, 0.6) is 0 Å². The van der Waals surface area contributed by atoms with E-state index in [2.05, 4.69) is 10.3 Å². The number of aryl methyl sites for hydroxylation is 1. The molecule has 0 saturated heterocycles. The Hall–Kier alpha value is -1.36. The van der Waals surface area contributed by atoms with E-state index in [1.54, 1.807) is 12.5 Å². The minimum Gasteiger partial charge on any atom is -0.481 e. The van der Waals surface area contributed by atoms with E-state index in [9.17, 15) is 4.79 Å². The molecule has 84 valence electrons. The van der Waals surface area contributed by atoms with Crippen molar-refractivity contribution < 1.29 is 9.90 Å². The van der Waals surface area contributed by atoms with Gasteiger partial charge in [0.25, 0.3) is 0 Å². The second-order valence-corrected chi connectivity index (χ2v) is 3.40. The molecule has 1 rings (SSSR count). The number of unbranched alkanes of at least 4 members (excludes halogenated alkanes) is 1. The average molecular weight is 211 g/mol. The molecule has 0 aromatic carbocycles. The first-order valence-corrected chi connectivity index (χ1v) is 5.17. The summed E-state index contributed by atoms with van der Waals surface area (Å²) in [5.41, 5.74) is 0. The zero-order valence-corrected chi connectivity index (χ0v) is 8.72. The molecule has 1 aromatic heterocycles. The average Bonchev–Trinajstić information content (AvgIpc) is 2.68. The SMILES string of the molecule is O=C(O)CCNCCCCn1ccnc1. The molecule has 0 saturated carbocycles. The Bertz CT molecular complexity index is 272. The van der Waals surface area contributed by atoms with Crippen LogP contribution in [-0.4, -0.2) is 33.7 Å². The summed E-state index contributed by atoms with van der Waals surface area (Å²) in [4.78, 5) is 14.1. The highest BCUT2D eigenvalue weighted by Gasteiger charge is 1.95. The van der Waals surface area contributed by atoms with E-state index >= 15 is 0 Å². The van der Waals surface area contributed by atoms with Crippen LogP contribution in [0.1, 0.15) is 19.3 Å². The van der Waals surface area contributed by atoms with Crippen molar-refractivity contribution >= 4 is 5.97 Å². The first-order chi connectivity index (χ1) is 7.29. The Morgan fingerprint density at radius 1 is 1.40 bits per heavy atom. The third kappa shape index (κ3) is 5.85. The third-order valence-electron chi connectivity index (χ3n) is 2.09. The molecular weight excluding hydrogens is 194 g/mol. The van der Waals surface area contributed by atoms with Gasteiger partial charge in [-0.2, -0.15) is 0 Å². The minimum absolute atomic E-state index is 0.196. The summed E-state index contributed by atoms with van der Waals surface area (Å²) in [6.07, 6.45) is 7.84. The molecule has 0 aliphatic carbocycles. The standard InChI is InChI=1S/C10H17N3O2/c14-10(15)3-5-11-4-1-2-7-13-8-6-12-9-13/h6,8-9,11H,1-5,7H2,(H,14,15). The number of carboxylic acids is 1. The van der Waals surface area contributed by atoms with E-state index in [1.165, 1.54) is 0 Å². The summed E-state index contributed by atoms with van der Waals surface area (Å²) in [5, 5.41) is 11.5. The Labute approximate surface area is 89.1 Å². The van der Waals surface area contributed by atoms with Gasteiger partial charge in [0.1, 0.15) is 0 Å². The first-order valence-electron chi connectivity index (χ1n) is 5.17. The lowest BCUT2D eigenvalue weighted by atomic mass is 10.3. The van der Waals surface area contributed by atoms with Gasteiger partial charge in [0.05, 0.1) is 12.7 Å². The minimum atomic E-state index is -0.749. The Morgan fingerprint density at radius 3 is 2.93 bits per heavy atom. The first kappa shape index (κ1) is 11.7. The fraction of sp³-hybridized carbons (Fsp3) is 0.600. The molecule has 0 amide bonds. The lowest BCUT2D eigenvalue weighted by Gasteiger charge is -2.03. The van der Waals surface area contributed by atoms with E-state index in [0.29, 0.717) is 6.54 Å². The number of imidazole rings is 1. The number of hydrogen-bond acceptors (Lipinski definition) is 3. The van der Waals surface area contributed by atoms with Gasteiger partial charge >= 0.3 is 5.97 Å². The predicted molar refractivity (Wildman–Crippen MR) is 56.6 cm³/mol. The lowest BCUT2D eigenvalue weighted by Crippen LogP contribution is -2.19. The third-order valence-corrected chi connectivity index (χ3v) is 2.09. The van der Waals surface area contributed by atoms with Gasteiger partial charge in [0.15, 0.2) is 0 Å². The van der Waals surface area contributed by atoms with E-state index in [0.717, 1.165) is 25.9 Å². The zero-order valence-electron chi connectivity index (χ0n) is 8.72. The van der Waals surface area contributed by atoms with Crippen LogP contribution in [0, 0.1) is 0 Å². The number of nitrogens with zero attached hydrogens (tertiary/aromatic N) is 2. The Morgan fingerprint density at radius 2 is 2.27 bits per heavy atom. The second kappa shape index (κ2) is 7.00. The smallest absolute Gasteiger partial charge is 0.304 e. The maximum Gasteiger partial charge on any atom is 0.304 e. The van der Waals surface area contributed by atoms with E-state index < -0.39 is 5.97 Å². The van der Waals surface area contributed by atoms with Crippen LogP contribution in [0.3, 0.4) is 0 Å². The fourth-order valence-corrected chi connectivity index (χ4v) is 1.28. The normalized spacial score (nSPS) is 10.4. The van der Waals surface area contributed by atoms with Gasteiger partial charge in [0, 0.05) is 25.5 Å². The molecule has 1 aromatic rings.